The first-order chi connectivity index (χ1) is 44.1. The highest BCUT2D eigenvalue weighted by molar-refractivity contribution is 6.28. The molecule has 0 spiro atoms. The SMILES string of the molecule is c1ccc(-c2ccc(-c3nc(-c4ccccc4)nc(-n4c5ccccc5c5cc(-c6ccc7c(c6)c6ccccc6n7-c6ccc7oc8ncc(-n9c%10ccccc%10c%10ccccc%109)cc8c7c6)c6c7ccccc7n(-c7ccccc7)c6c54)n3)cc2)cc1. The van der Waals surface area contributed by atoms with Gasteiger partial charge in [-0.05, 0) is 107 Å². The molecule has 9 heteroatoms. The lowest BCUT2D eigenvalue weighted by Gasteiger charge is -2.15. The topological polar surface area (TPSA) is 84.4 Å². The Morgan fingerprint density at radius 2 is 0.742 bits per heavy atom. The number of benzene rings is 12. The summed E-state index contributed by atoms with van der Waals surface area (Å²) in [6, 6.07) is 102. The van der Waals surface area contributed by atoms with Gasteiger partial charge in [0.15, 0.2) is 11.6 Å². The molecule has 0 saturated heterocycles. The zero-order valence-electron chi connectivity index (χ0n) is 47.7. The Kier molecular flexibility index (Phi) is 10.6. The third-order valence-corrected chi connectivity index (χ3v) is 18.1. The van der Waals surface area contributed by atoms with Crippen LogP contribution in [0.15, 0.2) is 296 Å². The zero-order valence-corrected chi connectivity index (χ0v) is 47.7. The summed E-state index contributed by atoms with van der Waals surface area (Å²) in [7, 11) is 0. The number of furan rings is 1. The standard InChI is InChI=1S/C80H48N8O/c1-4-20-49(21-5-1)50-36-38-52(39-37-50)78-82-77(51-22-6-2-7-23-51)83-80(84-78)88-70-34-18-13-29-60(70)65-47-62(74-61-30-14-19-35-71(61)87(76(74)75(65)88)54-24-8-3-9-25-54)53-40-42-72-63(44-53)59-28-12-17-33-69(59)85(72)55-41-43-73-64(45-55)66-46-56(48-81-79(66)89-73)86-67-31-15-10-26-57(67)58-27-11-16-32-68(58)86/h1-48H. The second-order valence-electron chi connectivity index (χ2n) is 23.0. The van der Waals surface area contributed by atoms with Crippen LogP contribution in [0.25, 0.3) is 177 Å². The molecule has 7 heterocycles. The van der Waals surface area contributed by atoms with Crippen molar-refractivity contribution in [2.45, 2.75) is 0 Å². The van der Waals surface area contributed by atoms with E-state index in [1.54, 1.807) is 0 Å². The largest absolute Gasteiger partial charge is 0.438 e. The molecule has 12 aromatic carbocycles. The van der Waals surface area contributed by atoms with Crippen molar-refractivity contribution in [3.8, 4) is 68.0 Å². The van der Waals surface area contributed by atoms with E-state index in [4.69, 9.17) is 24.4 Å². The lowest BCUT2D eigenvalue weighted by atomic mass is 9.95. The smallest absolute Gasteiger partial charge is 0.238 e. The van der Waals surface area contributed by atoms with Crippen LogP contribution in [-0.2, 0) is 0 Å². The van der Waals surface area contributed by atoms with Gasteiger partial charge in [0, 0.05) is 71.0 Å². The summed E-state index contributed by atoms with van der Waals surface area (Å²) >= 11 is 0. The molecule has 19 rings (SSSR count). The van der Waals surface area contributed by atoms with Gasteiger partial charge in [-0.3, -0.25) is 4.57 Å². The van der Waals surface area contributed by atoms with Crippen LogP contribution in [-0.4, -0.2) is 38.2 Å². The van der Waals surface area contributed by atoms with Gasteiger partial charge in [0.05, 0.1) is 61.4 Å². The lowest BCUT2D eigenvalue weighted by Crippen LogP contribution is -2.07. The van der Waals surface area contributed by atoms with E-state index in [9.17, 15) is 0 Å². The van der Waals surface area contributed by atoms with Crippen LogP contribution >= 0.6 is 0 Å². The molecular weight excluding hydrogens is 1090 g/mol. The summed E-state index contributed by atoms with van der Waals surface area (Å²) in [5, 5.41) is 11.1. The predicted octanol–water partition coefficient (Wildman–Crippen LogP) is 20.2. The number of para-hydroxylation sites is 6. The van der Waals surface area contributed by atoms with Crippen molar-refractivity contribution in [3.05, 3.63) is 291 Å². The van der Waals surface area contributed by atoms with Crippen LogP contribution in [0, 0.1) is 0 Å². The van der Waals surface area contributed by atoms with Gasteiger partial charge in [0.1, 0.15) is 5.58 Å². The van der Waals surface area contributed by atoms with Gasteiger partial charge in [-0.1, -0.05) is 200 Å². The second kappa shape index (κ2) is 19.2. The molecule has 0 aliphatic rings. The fourth-order valence-electron chi connectivity index (χ4n) is 14.1. The molecule has 0 aliphatic heterocycles. The number of aromatic nitrogens is 8. The Bertz CT molecular complexity index is 6040. The normalized spacial score (nSPS) is 12.0. The number of pyridine rings is 1. The van der Waals surface area contributed by atoms with Gasteiger partial charge in [-0.15, -0.1) is 0 Å². The molecule has 0 saturated carbocycles. The molecule has 0 fully saturated rings. The van der Waals surface area contributed by atoms with E-state index in [2.05, 4.69) is 279 Å². The first-order valence-electron chi connectivity index (χ1n) is 30.0. The third kappa shape index (κ3) is 7.42. The van der Waals surface area contributed by atoms with Crippen LogP contribution in [0.5, 0.6) is 0 Å². The summed E-state index contributed by atoms with van der Waals surface area (Å²) < 4.78 is 15.9. The van der Waals surface area contributed by atoms with Crippen molar-refractivity contribution < 1.29 is 4.42 Å². The molecule has 19 aromatic rings. The van der Waals surface area contributed by atoms with Crippen molar-refractivity contribution >= 4 is 109 Å². The van der Waals surface area contributed by atoms with Gasteiger partial charge >= 0.3 is 0 Å². The van der Waals surface area contributed by atoms with E-state index in [1.165, 1.54) is 10.8 Å². The van der Waals surface area contributed by atoms with Crippen molar-refractivity contribution in [2.75, 3.05) is 0 Å². The average molecular weight is 1140 g/mol. The maximum absolute atomic E-state index is 6.51. The van der Waals surface area contributed by atoms with Crippen LogP contribution in [0.4, 0.5) is 0 Å². The van der Waals surface area contributed by atoms with E-state index >= 15 is 0 Å². The minimum atomic E-state index is 0.529. The Labute approximate surface area is 508 Å². The maximum Gasteiger partial charge on any atom is 0.238 e. The lowest BCUT2D eigenvalue weighted by molar-refractivity contribution is 0.654. The van der Waals surface area contributed by atoms with Crippen LogP contribution in [0.1, 0.15) is 0 Å². The monoisotopic (exact) mass is 1140 g/mol. The minimum absolute atomic E-state index is 0.529. The highest BCUT2D eigenvalue weighted by Crippen LogP contribution is 2.48. The van der Waals surface area contributed by atoms with Gasteiger partial charge in [-0.25, -0.2) is 9.97 Å². The number of fused-ring (bicyclic) bond motifs is 16. The molecular formula is C80H48N8O. The molecule has 7 aromatic heterocycles. The molecule has 0 N–H and O–H groups in total. The van der Waals surface area contributed by atoms with Gasteiger partial charge < -0.3 is 18.1 Å². The molecule has 0 radical (unpaired) electrons. The van der Waals surface area contributed by atoms with E-state index in [-0.39, 0.29) is 0 Å². The Hall–Kier alpha value is -12.2. The van der Waals surface area contributed by atoms with E-state index in [0.717, 1.165) is 143 Å². The van der Waals surface area contributed by atoms with Gasteiger partial charge in [0.25, 0.3) is 0 Å². The maximum atomic E-state index is 6.51. The number of nitrogens with zero attached hydrogens (tertiary/aromatic N) is 8. The molecule has 9 nitrogen and oxygen atoms in total. The molecule has 89 heavy (non-hydrogen) atoms. The minimum Gasteiger partial charge on any atom is -0.438 e. The van der Waals surface area contributed by atoms with E-state index in [0.29, 0.717) is 23.3 Å². The van der Waals surface area contributed by atoms with E-state index < -0.39 is 0 Å². The molecule has 414 valence electrons. The summed E-state index contributed by atoms with van der Waals surface area (Å²) in [5.74, 6) is 1.71. The summed E-state index contributed by atoms with van der Waals surface area (Å²) in [6.45, 7) is 0. The van der Waals surface area contributed by atoms with Gasteiger partial charge in [0.2, 0.25) is 11.7 Å². The fourth-order valence-corrected chi connectivity index (χ4v) is 14.1. The Morgan fingerprint density at radius 3 is 1.39 bits per heavy atom. The number of hydrogen-bond donors (Lipinski definition) is 0. The quantitative estimate of drug-likeness (QED) is 0.151. The van der Waals surface area contributed by atoms with Crippen LogP contribution in [0.3, 0.4) is 0 Å². The van der Waals surface area contributed by atoms with Crippen molar-refractivity contribution in [3.63, 3.8) is 0 Å². The fraction of sp³-hybridized carbons (Fsp3) is 0. The summed E-state index contributed by atoms with van der Waals surface area (Å²) in [5.41, 5.74) is 19.4. The van der Waals surface area contributed by atoms with Gasteiger partial charge in [-0.2, -0.15) is 9.97 Å². The van der Waals surface area contributed by atoms with Crippen molar-refractivity contribution in [1.29, 1.82) is 0 Å². The molecule has 0 atom stereocenters. The second-order valence-corrected chi connectivity index (χ2v) is 23.0. The number of rotatable bonds is 8. The zero-order chi connectivity index (χ0) is 58.3. The molecule has 0 amide bonds. The Balaban J connectivity index is 0.837. The van der Waals surface area contributed by atoms with Crippen molar-refractivity contribution in [2.24, 2.45) is 0 Å². The molecule has 0 unspecified atom stereocenters. The number of hydrogen-bond acceptors (Lipinski definition) is 5. The summed E-state index contributed by atoms with van der Waals surface area (Å²) in [6.07, 6.45) is 1.93. The predicted molar refractivity (Wildman–Crippen MR) is 364 cm³/mol. The summed E-state index contributed by atoms with van der Waals surface area (Å²) in [4.78, 5) is 21.1. The Morgan fingerprint density at radius 1 is 0.270 bits per heavy atom. The molecule has 0 bridgehead atoms. The van der Waals surface area contributed by atoms with Crippen LogP contribution < -0.4 is 0 Å². The van der Waals surface area contributed by atoms with E-state index in [1.807, 2.05) is 30.5 Å². The average Bonchev–Trinajstić information content (AvgIpc) is 1.57. The third-order valence-electron chi connectivity index (χ3n) is 18.1. The van der Waals surface area contributed by atoms with Crippen molar-refractivity contribution in [1.82, 2.24) is 38.2 Å². The first-order valence-corrected chi connectivity index (χ1v) is 30.0. The first kappa shape index (κ1) is 49.1. The highest BCUT2D eigenvalue weighted by atomic mass is 16.3. The molecule has 0 aliphatic carbocycles. The highest BCUT2D eigenvalue weighted by Gasteiger charge is 2.27. The van der Waals surface area contributed by atoms with Crippen LogP contribution in [0.2, 0.25) is 0 Å².